The molecule has 0 heterocycles. The van der Waals surface area contributed by atoms with E-state index in [1.54, 1.807) is 0 Å². The van der Waals surface area contributed by atoms with Crippen LogP contribution in [0.5, 0.6) is 0 Å². The molecule has 0 aromatic rings. The Morgan fingerprint density at radius 2 is 1.75 bits per heavy atom. The summed E-state index contributed by atoms with van der Waals surface area (Å²) in [5.74, 6) is 0. The Hall–Kier alpha value is 0.797. The lowest BCUT2D eigenvalue weighted by Crippen LogP contribution is -2.23. The third kappa shape index (κ3) is 4.73. The largest absolute Gasteiger partial charge is 0.253 e. The Morgan fingerprint density at radius 3 is 2.17 bits per heavy atom. The molecule has 0 N–H and O–H groups in total. The van der Waals surface area contributed by atoms with Crippen LogP contribution in [0.1, 0.15) is 46.5 Å². The second-order valence-corrected chi connectivity index (χ2v) is 11.4. The molecule has 0 saturated carbocycles. The van der Waals surface area contributed by atoms with E-state index in [1.165, 1.54) is 25.7 Å². The molecule has 0 bridgehead atoms. The van der Waals surface area contributed by atoms with Gasteiger partial charge in [-0.2, -0.15) is 0 Å². The molecular weight excluding hydrogens is 207 g/mol. The molecule has 0 fully saturated rings. The van der Waals surface area contributed by atoms with Crippen LogP contribution in [0.4, 0.5) is 0 Å². The maximum atomic E-state index is 6.25. The van der Waals surface area contributed by atoms with E-state index in [2.05, 4.69) is 20.8 Å². The average Bonchev–Trinajstić information content (AvgIpc) is 2.05. The Morgan fingerprint density at radius 1 is 1.17 bits per heavy atom. The summed E-state index contributed by atoms with van der Waals surface area (Å²) in [5, 5.41) is 0. The van der Waals surface area contributed by atoms with Gasteiger partial charge in [-0.15, -0.1) is 22.2 Å². The average molecular weight is 227 g/mol. The molecule has 0 spiro atoms. The van der Waals surface area contributed by atoms with Crippen LogP contribution < -0.4 is 0 Å². The van der Waals surface area contributed by atoms with Gasteiger partial charge in [0.25, 0.3) is 6.69 Å². The quantitative estimate of drug-likeness (QED) is 0.344. The van der Waals surface area contributed by atoms with Crippen molar-refractivity contribution in [3.63, 3.8) is 0 Å². The summed E-state index contributed by atoms with van der Waals surface area (Å²) in [5.41, 5.74) is 0.553. The fourth-order valence-electron chi connectivity index (χ4n) is 1.26. The highest BCUT2D eigenvalue weighted by atomic mass is 35.7. The van der Waals surface area contributed by atoms with Crippen LogP contribution in [0.15, 0.2) is 0 Å². The Labute approximate surface area is 87.1 Å². The van der Waals surface area contributed by atoms with Crippen LogP contribution in [-0.4, -0.2) is 6.69 Å². The molecule has 0 aliphatic heterocycles. The van der Waals surface area contributed by atoms with Gasteiger partial charge in [0.1, 0.15) is 0 Å². The summed E-state index contributed by atoms with van der Waals surface area (Å²) >= 11 is 12.5. The van der Waals surface area contributed by atoms with Gasteiger partial charge in [-0.05, 0) is 11.6 Å². The first-order valence-corrected chi connectivity index (χ1v) is 9.23. The topological polar surface area (TPSA) is 0 Å². The SMILES string of the molecule is CCCCCC(C)[Si](Cl)(Cl)CC. The lowest BCUT2D eigenvalue weighted by molar-refractivity contribution is 0.649. The number of rotatable bonds is 6. The maximum absolute atomic E-state index is 6.25. The van der Waals surface area contributed by atoms with E-state index in [0.29, 0.717) is 5.54 Å². The number of halogens is 2. The van der Waals surface area contributed by atoms with Gasteiger partial charge < -0.3 is 0 Å². The monoisotopic (exact) mass is 226 g/mol. The van der Waals surface area contributed by atoms with E-state index in [4.69, 9.17) is 22.2 Å². The van der Waals surface area contributed by atoms with E-state index in [-0.39, 0.29) is 0 Å². The number of unbranched alkanes of at least 4 members (excludes halogenated alkanes) is 2. The fourth-order valence-corrected chi connectivity index (χ4v) is 3.24. The lowest BCUT2D eigenvalue weighted by atomic mass is 10.2. The van der Waals surface area contributed by atoms with Gasteiger partial charge in [0, 0.05) is 0 Å². The van der Waals surface area contributed by atoms with Crippen molar-refractivity contribution in [3.05, 3.63) is 0 Å². The van der Waals surface area contributed by atoms with Crippen molar-refractivity contribution < 1.29 is 0 Å². The van der Waals surface area contributed by atoms with E-state index < -0.39 is 6.69 Å². The van der Waals surface area contributed by atoms with Crippen molar-refractivity contribution in [2.45, 2.75) is 58.0 Å². The predicted octanol–water partition coefficient (Wildman–Crippen LogP) is 4.90. The van der Waals surface area contributed by atoms with Crippen molar-refractivity contribution >= 4 is 28.9 Å². The van der Waals surface area contributed by atoms with Crippen molar-refractivity contribution in [2.24, 2.45) is 0 Å². The molecule has 0 amide bonds. The Bertz CT molecular complexity index is 115. The molecule has 0 aliphatic rings. The van der Waals surface area contributed by atoms with Crippen LogP contribution in [0, 0.1) is 0 Å². The minimum absolute atomic E-state index is 0.553. The zero-order valence-corrected chi connectivity index (χ0v) is 10.9. The third-order valence-corrected chi connectivity index (χ3v) is 8.95. The van der Waals surface area contributed by atoms with Gasteiger partial charge in [0.2, 0.25) is 0 Å². The molecule has 12 heavy (non-hydrogen) atoms. The first-order valence-electron chi connectivity index (χ1n) is 4.92. The standard InChI is InChI=1S/C9H20Cl2Si/c1-4-6-7-8-9(3)12(10,11)5-2/h9H,4-8H2,1-3H3. The minimum Gasteiger partial charge on any atom is -0.146 e. The third-order valence-electron chi connectivity index (χ3n) is 2.43. The summed E-state index contributed by atoms with van der Waals surface area (Å²) in [6, 6.07) is 0.976. The number of hydrogen-bond acceptors (Lipinski definition) is 0. The predicted molar refractivity (Wildman–Crippen MR) is 61.5 cm³/mol. The Balaban J connectivity index is 3.63. The summed E-state index contributed by atoms with van der Waals surface area (Å²) in [6.07, 6.45) is 5.08. The molecule has 3 heteroatoms. The van der Waals surface area contributed by atoms with Crippen molar-refractivity contribution in [1.82, 2.24) is 0 Å². The van der Waals surface area contributed by atoms with Gasteiger partial charge in [-0.3, -0.25) is 0 Å². The summed E-state index contributed by atoms with van der Waals surface area (Å²) in [6.45, 7) is 4.63. The highest BCUT2D eigenvalue weighted by Crippen LogP contribution is 2.36. The molecule has 0 radical (unpaired) electrons. The van der Waals surface area contributed by atoms with Crippen LogP contribution in [-0.2, 0) is 0 Å². The van der Waals surface area contributed by atoms with E-state index in [0.717, 1.165) is 6.04 Å². The Kier molecular flexibility index (Phi) is 6.70. The minimum atomic E-state index is -1.89. The molecule has 0 rings (SSSR count). The van der Waals surface area contributed by atoms with Crippen LogP contribution in [0.25, 0.3) is 0 Å². The summed E-state index contributed by atoms with van der Waals surface area (Å²) in [4.78, 5) is 0. The molecule has 0 aromatic heterocycles. The van der Waals surface area contributed by atoms with Gasteiger partial charge in [0.15, 0.2) is 0 Å². The second-order valence-electron chi connectivity index (χ2n) is 3.51. The van der Waals surface area contributed by atoms with Crippen LogP contribution in [0.3, 0.4) is 0 Å². The van der Waals surface area contributed by atoms with Gasteiger partial charge in [-0.1, -0.05) is 46.5 Å². The molecule has 74 valence electrons. The summed E-state index contributed by atoms with van der Waals surface area (Å²) in [7, 11) is 0. The van der Waals surface area contributed by atoms with Crippen LogP contribution in [0.2, 0.25) is 11.6 Å². The van der Waals surface area contributed by atoms with Crippen molar-refractivity contribution in [1.29, 1.82) is 0 Å². The van der Waals surface area contributed by atoms with Crippen LogP contribution >= 0.6 is 22.2 Å². The van der Waals surface area contributed by atoms with E-state index in [1.807, 2.05) is 0 Å². The van der Waals surface area contributed by atoms with Gasteiger partial charge in [0.05, 0.1) is 0 Å². The van der Waals surface area contributed by atoms with Crippen molar-refractivity contribution in [2.75, 3.05) is 0 Å². The molecule has 1 atom stereocenters. The smallest absolute Gasteiger partial charge is 0.146 e. The molecular formula is C9H20Cl2Si. The van der Waals surface area contributed by atoms with E-state index in [9.17, 15) is 0 Å². The normalized spacial score (nSPS) is 14.8. The highest BCUT2D eigenvalue weighted by molar-refractivity contribution is 7.45. The molecule has 0 saturated heterocycles. The fraction of sp³-hybridized carbons (Fsp3) is 1.00. The van der Waals surface area contributed by atoms with Gasteiger partial charge in [-0.25, -0.2) is 0 Å². The summed E-state index contributed by atoms with van der Waals surface area (Å²) < 4.78 is 0. The molecule has 1 unspecified atom stereocenters. The molecule has 0 nitrogen and oxygen atoms in total. The van der Waals surface area contributed by atoms with Crippen molar-refractivity contribution in [3.8, 4) is 0 Å². The molecule has 0 aromatic carbocycles. The number of hydrogen-bond donors (Lipinski definition) is 0. The first-order chi connectivity index (χ1) is 5.54. The maximum Gasteiger partial charge on any atom is 0.253 e. The second kappa shape index (κ2) is 6.28. The zero-order valence-electron chi connectivity index (χ0n) is 8.37. The molecule has 0 aliphatic carbocycles. The highest BCUT2D eigenvalue weighted by Gasteiger charge is 2.32. The van der Waals surface area contributed by atoms with E-state index >= 15 is 0 Å². The van der Waals surface area contributed by atoms with Gasteiger partial charge >= 0.3 is 0 Å². The first kappa shape index (κ1) is 12.8. The zero-order chi connectivity index (χ0) is 9.61. The lowest BCUT2D eigenvalue weighted by Gasteiger charge is -2.22.